The van der Waals surface area contributed by atoms with Gasteiger partial charge in [-0.25, -0.2) is 0 Å². The Morgan fingerprint density at radius 1 is 1.67 bits per heavy atom. The summed E-state index contributed by atoms with van der Waals surface area (Å²) >= 11 is 5.69. The summed E-state index contributed by atoms with van der Waals surface area (Å²) in [6, 6.07) is 1.51. The van der Waals surface area contributed by atoms with E-state index in [9.17, 15) is 0 Å². The van der Waals surface area contributed by atoms with Crippen molar-refractivity contribution >= 4 is 11.6 Å². The van der Waals surface area contributed by atoms with Gasteiger partial charge in [-0.15, -0.1) is 11.6 Å². The highest BCUT2D eigenvalue weighted by atomic mass is 35.5. The molecule has 2 unspecified atom stereocenters. The molecule has 1 aliphatic heterocycles. The Bertz CT molecular complexity index is 167. The van der Waals surface area contributed by atoms with Gasteiger partial charge in [0.1, 0.15) is 0 Å². The third-order valence-electron chi connectivity index (χ3n) is 2.71. The Morgan fingerprint density at radius 3 is 2.75 bits per heavy atom. The minimum Gasteiger partial charge on any atom is -0.294 e. The summed E-state index contributed by atoms with van der Waals surface area (Å²) in [6.45, 7) is 9.43. The van der Waals surface area contributed by atoms with Crippen LogP contribution in [-0.2, 0) is 0 Å². The number of nitrogens with zero attached hydrogens (tertiary/aromatic N) is 1. The van der Waals surface area contributed by atoms with Gasteiger partial charge in [0.2, 0.25) is 0 Å². The van der Waals surface area contributed by atoms with Crippen molar-refractivity contribution in [1.82, 2.24) is 4.90 Å². The van der Waals surface area contributed by atoms with E-state index in [0.29, 0.717) is 5.88 Å². The van der Waals surface area contributed by atoms with E-state index in [4.69, 9.17) is 11.6 Å². The average molecular weight is 188 g/mol. The Balaban J connectivity index is 2.34. The monoisotopic (exact) mass is 187 g/mol. The second-order valence-corrected chi connectivity index (χ2v) is 3.97. The van der Waals surface area contributed by atoms with Crippen LogP contribution in [0, 0.1) is 0 Å². The molecule has 0 saturated carbocycles. The molecular weight excluding hydrogens is 170 g/mol. The summed E-state index contributed by atoms with van der Waals surface area (Å²) in [5, 5.41) is 0. The highest BCUT2D eigenvalue weighted by Crippen LogP contribution is 2.28. The van der Waals surface area contributed by atoms with Crippen molar-refractivity contribution in [3.05, 3.63) is 12.2 Å². The summed E-state index contributed by atoms with van der Waals surface area (Å²) in [7, 11) is 0. The molecule has 0 radical (unpaired) electrons. The minimum absolute atomic E-state index is 0.597. The van der Waals surface area contributed by atoms with E-state index in [1.807, 2.05) is 0 Å². The van der Waals surface area contributed by atoms with Gasteiger partial charge in [-0.1, -0.05) is 13.5 Å². The normalized spacial score (nSPS) is 29.9. The molecule has 0 N–H and O–H groups in total. The number of halogens is 1. The third kappa shape index (κ3) is 2.02. The first-order valence-corrected chi connectivity index (χ1v) is 5.20. The molecule has 1 nitrogen and oxygen atoms in total. The van der Waals surface area contributed by atoms with Gasteiger partial charge in [0.15, 0.2) is 0 Å². The molecule has 0 aromatic rings. The van der Waals surface area contributed by atoms with Crippen LogP contribution in [-0.4, -0.2) is 29.4 Å². The van der Waals surface area contributed by atoms with Crippen LogP contribution in [0.25, 0.3) is 0 Å². The molecule has 0 aromatic carbocycles. The summed E-state index contributed by atoms with van der Waals surface area (Å²) in [5.74, 6) is 0.597. The van der Waals surface area contributed by atoms with E-state index in [0.717, 1.165) is 24.2 Å². The minimum atomic E-state index is 0.597. The number of hydrogen-bond acceptors (Lipinski definition) is 1. The maximum absolute atomic E-state index is 5.69. The van der Waals surface area contributed by atoms with Gasteiger partial charge in [-0.2, -0.15) is 0 Å². The van der Waals surface area contributed by atoms with E-state index in [-0.39, 0.29) is 0 Å². The molecule has 0 amide bonds. The van der Waals surface area contributed by atoms with E-state index in [1.54, 1.807) is 0 Å². The van der Waals surface area contributed by atoms with Crippen molar-refractivity contribution in [1.29, 1.82) is 0 Å². The fourth-order valence-electron chi connectivity index (χ4n) is 1.87. The molecule has 0 bridgehead atoms. The Kier molecular flexibility index (Phi) is 3.60. The van der Waals surface area contributed by atoms with Crippen molar-refractivity contribution in [2.45, 2.75) is 38.8 Å². The van der Waals surface area contributed by atoms with Crippen LogP contribution in [0.1, 0.15) is 26.7 Å². The quantitative estimate of drug-likeness (QED) is 0.483. The zero-order chi connectivity index (χ0) is 9.14. The average Bonchev–Trinajstić information content (AvgIpc) is 2.09. The third-order valence-corrected chi connectivity index (χ3v) is 3.09. The van der Waals surface area contributed by atoms with Crippen LogP contribution in [0.2, 0.25) is 0 Å². The van der Waals surface area contributed by atoms with E-state index in [2.05, 4.69) is 25.3 Å². The lowest BCUT2D eigenvalue weighted by Gasteiger charge is -2.47. The van der Waals surface area contributed by atoms with E-state index in [1.165, 1.54) is 12.8 Å². The molecule has 0 spiro atoms. The van der Waals surface area contributed by atoms with Crippen LogP contribution < -0.4 is 0 Å². The molecule has 1 heterocycles. The van der Waals surface area contributed by atoms with Crippen LogP contribution in [0.4, 0.5) is 0 Å². The summed E-state index contributed by atoms with van der Waals surface area (Å²) in [6.07, 6.45) is 2.59. The van der Waals surface area contributed by atoms with Crippen molar-refractivity contribution < 1.29 is 0 Å². The number of rotatable bonds is 4. The molecule has 0 aromatic heterocycles. The van der Waals surface area contributed by atoms with Gasteiger partial charge in [-0.05, 0) is 25.3 Å². The smallest absolute Gasteiger partial charge is 0.0443 e. The van der Waals surface area contributed by atoms with Gasteiger partial charge >= 0.3 is 0 Å². The maximum Gasteiger partial charge on any atom is 0.0443 e. The fourth-order valence-corrected chi connectivity index (χ4v) is 1.96. The predicted molar refractivity (Wildman–Crippen MR) is 54.7 cm³/mol. The Labute approximate surface area is 80.4 Å². The molecule has 1 rings (SSSR count). The summed E-state index contributed by atoms with van der Waals surface area (Å²) in [4.78, 5) is 2.49. The predicted octanol–water partition coefficient (Wildman–Crippen LogP) is 2.65. The fraction of sp³-hybridized carbons (Fsp3) is 0.800. The molecule has 1 fully saturated rings. The lowest BCUT2D eigenvalue weighted by molar-refractivity contribution is 0.0343. The van der Waals surface area contributed by atoms with Crippen molar-refractivity contribution in [3.8, 4) is 0 Å². The molecule has 70 valence electrons. The first-order chi connectivity index (χ1) is 5.69. The lowest BCUT2D eigenvalue weighted by atomic mass is 9.91. The Hall–Kier alpha value is -0.0100. The SMILES string of the molecule is C=C(CCl)CN1C(C)CC1CC. The number of likely N-dealkylation sites (tertiary alicyclic amines) is 1. The zero-order valence-corrected chi connectivity index (χ0v) is 8.77. The van der Waals surface area contributed by atoms with E-state index < -0.39 is 0 Å². The molecule has 0 aliphatic carbocycles. The second kappa shape index (κ2) is 4.29. The highest BCUT2D eigenvalue weighted by molar-refractivity contribution is 6.19. The largest absolute Gasteiger partial charge is 0.294 e. The van der Waals surface area contributed by atoms with Crippen molar-refractivity contribution in [3.63, 3.8) is 0 Å². The first kappa shape index (κ1) is 10.1. The first-order valence-electron chi connectivity index (χ1n) is 4.67. The molecule has 2 heteroatoms. The molecule has 1 saturated heterocycles. The van der Waals surface area contributed by atoms with Crippen LogP contribution in [0.5, 0.6) is 0 Å². The summed E-state index contributed by atoms with van der Waals surface area (Å²) in [5.41, 5.74) is 1.14. The number of alkyl halides is 1. The highest BCUT2D eigenvalue weighted by Gasteiger charge is 2.33. The lowest BCUT2D eigenvalue weighted by Crippen LogP contribution is -2.54. The Morgan fingerprint density at radius 2 is 2.33 bits per heavy atom. The molecule has 12 heavy (non-hydrogen) atoms. The zero-order valence-electron chi connectivity index (χ0n) is 8.02. The summed E-state index contributed by atoms with van der Waals surface area (Å²) < 4.78 is 0. The van der Waals surface area contributed by atoms with Crippen LogP contribution >= 0.6 is 11.6 Å². The van der Waals surface area contributed by atoms with Crippen molar-refractivity contribution in [2.75, 3.05) is 12.4 Å². The van der Waals surface area contributed by atoms with Gasteiger partial charge < -0.3 is 0 Å². The van der Waals surface area contributed by atoms with Crippen LogP contribution in [0.3, 0.4) is 0 Å². The molecule has 2 atom stereocenters. The van der Waals surface area contributed by atoms with E-state index >= 15 is 0 Å². The topological polar surface area (TPSA) is 3.24 Å². The van der Waals surface area contributed by atoms with Crippen LogP contribution in [0.15, 0.2) is 12.2 Å². The molecular formula is C10H18ClN. The van der Waals surface area contributed by atoms with Gasteiger partial charge in [0.25, 0.3) is 0 Å². The molecule has 1 aliphatic rings. The number of hydrogen-bond donors (Lipinski definition) is 0. The van der Waals surface area contributed by atoms with Gasteiger partial charge in [0.05, 0.1) is 0 Å². The maximum atomic E-state index is 5.69. The second-order valence-electron chi connectivity index (χ2n) is 3.70. The standard InChI is InChI=1S/C10H18ClN/c1-4-10-5-9(3)12(10)7-8(2)6-11/h9-10H,2,4-7H2,1,3H3. The van der Waals surface area contributed by atoms with Gasteiger partial charge in [0, 0.05) is 24.5 Å². The van der Waals surface area contributed by atoms with Crippen molar-refractivity contribution in [2.24, 2.45) is 0 Å². The van der Waals surface area contributed by atoms with Gasteiger partial charge in [-0.3, -0.25) is 4.90 Å².